The van der Waals surface area contributed by atoms with E-state index in [4.69, 9.17) is 13.9 Å². The third kappa shape index (κ3) is 6.14. The lowest BCUT2D eigenvalue weighted by Gasteiger charge is -2.13. The van der Waals surface area contributed by atoms with Gasteiger partial charge in [-0.15, -0.1) is 0 Å². The molecule has 4 heteroatoms. The van der Waals surface area contributed by atoms with Gasteiger partial charge in [0.25, 0.3) is 0 Å². The van der Waals surface area contributed by atoms with Gasteiger partial charge in [0.15, 0.2) is 17.3 Å². The molecule has 0 unspecified atom stereocenters. The van der Waals surface area contributed by atoms with E-state index < -0.39 is 0 Å². The van der Waals surface area contributed by atoms with Gasteiger partial charge in [0.05, 0.1) is 19.5 Å². The number of furan rings is 1. The molecule has 1 aromatic carbocycles. The zero-order chi connectivity index (χ0) is 17.9. The first-order valence-electron chi connectivity index (χ1n) is 8.90. The highest BCUT2D eigenvalue weighted by Gasteiger charge is 2.10. The second-order valence-corrected chi connectivity index (χ2v) is 5.78. The van der Waals surface area contributed by atoms with Crippen LogP contribution in [0.1, 0.15) is 55.6 Å². The van der Waals surface area contributed by atoms with E-state index in [1.807, 2.05) is 6.07 Å². The molecule has 0 atom stereocenters. The van der Waals surface area contributed by atoms with E-state index in [0.29, 0.717) is 36.0 Å². The van der Waals surface area contributed by atoms with E-state index in [0.717, 1.165) is 25.7 Å². The van der Waals surface area contributed by atoms with Crippen molar-refractivity contribution in [2.75, 3.05) is 13.2 Å². The van der Waals surface area contributed by atoms with Crippen LogP contribution in [0.2, 0.25) is 0 Å². The van der Waals surface area contributed by atoms with Crippen molar-refractivity contribution in [3.63, 3.8) is 0 Å². The number of ketones is 1. The fraction of sp³-hybridized carbons (Fsp3) is 0.381. The highest BCUT2D eigenvalue weighted by atomic mass is 16.5. The molecule has 0 saturated heterocycles. The highest BCUT2D eigenvalue weighted by molar-refractivity contribution is 6.07. The quantitative estimate of drug-likeness (QED) is 0.306. The molecule has 4 nitrogen and oxygen atoms in total. The van der Waals surface area contributed by atoms with Crippen LogP contribution in [-0.4, -0.2) is 19.0 Å². The van der Waals surface area contributed by atoms with Crippen LogP contribution in [0.5, 0.6) is 11.5 Å². The molecular formula is C21H26O4. The zero-order valence-corrected chi connectivity index (χ0v) is 15.0. The molecule has 25 heavy (non-hydrogen) atoms. The molecule has 0 radical (unpaired) electrons. The number of carbonyl (C=O) groups is 1. The van der Waals surface area contributed by atoms with E-state index in [1.54, 1.807) is 36.6 Å². The third-order valence-electron chi connectivity index (χ3n) is 3.68. The van der Waals surface area contributed by atoms with Crippen molar-refractivity contribution >= 4 is 11.9 Å². The predicted molar refractivity (Wildman–Crippen MR) is 99.3 cm³/mol. The second-order valence-electron chi connectivity index (χ2n) is 5.78. The monoisotopic (exact) mass is 342 g/mol. The summed E-state index contributed by atoms with van der Waals surface area (Å²) in [5.74, 6) is 1.86. The smallest absolute Gasteiger partial charge is 0.186 e. The Balaban J connectivity index is 2.11. The van der Waals surface area contributed by atoms with Crippen molar-refractivity contribution in [2.24, 2.45) is 0 Å². The Labute approximate surface area is 149 Å². The molecule has 0 aliphatic carbocycles. The molecule has 134 valence electrons. The highest BCUT2D eigenvalue weighted by Crippen LogP contribution is 2.29. The first-order valence-corrected chi connectivity index (χ1v) is 8.90. The minimum absolute atomic E-state index is 0.100. The van der Waals surface area contributed by atoms with Crippen molar-refractivity contribution in [1.82, 2.24) is 0 Å². The summed E-state index contributed by atoms with van der Waals surface area (Å²) >= 11 is 0. The molecule has 0 spiro atoms. The summed E-state index contributed by atoms with van der Waals surface area (Å²) in [5, 5.41) is 0. The van der Waals surface area contributed by atoms with E-state index in [2.05, 4.69) is 13.8 Å². The van der Waals surface area contributed by atoms with Crippen LogP contribution in [0.15, 0.2) is 47.1 Å². The lowest BCUT2D eigenvalue weighted by molar-refractivity contribution is 0.104. The zero-order valence-electron chi connectivity index (χ0n) is 15.0. The van der Waals surface area contributed by atoms with Crippen LogP contribution in [0.3, 0.4) is 0 Å². The Morgan fingerprint density at radius 1 is 1.04 bits per heavy atom. The van der Waals surface area contributed by atoms with Crippen molar-refractivity contribution in [3.05, 3.63) is 54.0 Å². The third-order valence-corrected chi connectivity index (χ3v) is 3.68. The van der Waals surface area contributed by atoms with Gasteiger partial charge in [0, 0.05) is 5.56 Å². The summed E-state index contributed by atoms with van der Waals surface area (Å²) in [6, 6.07) is 8.92. The van der Waals surface area contributed by atoms with Gasteiger partial charge in [-0.3, -0.25) is 4.79 Å². The summed E-state index contributed by atoms with van der Waals surface area (Å²) in [6.45, 7) is 5.49. The van der Waals surface area contributed by atoms with Crippen molar-refractivity contribution in [2.45, 2.75) is 39.5 Å². The van der Waals surface area contributed by atoms with Crippen molar-refractivity contribution in [3.8, 4) is 11.5 Å². The number of carbonyl (C=O) groups excluding carboxylic acids is 1. The van der Waals surface area contributed by atoms with Gasteiger partial charge in [-0.05, 0) is 55.3 Å². The lowest BCUT2D eigenvalue weighted by Crippen LogP contribution is -2.04. The molecule has 0 fully saturated rings. The van der Waals surface area contributed by atoms with Gasteiger partial charge in [-0.1, -0.05) is 26.7 Å². The number of hydrogen-bond acceptors (Lipinski definition) is 4. The molecule has 0 bridgehead atoms. The Morgan fingerprint density at radius 2 is 1.76 bits per heavy atom. The van der Waals surface area contributed by atoms with Gasteiger partial charge < -0.3 is 13.9 Å². The second kappa shape index (κ2) is 10.4. The van der Waals surface area contributed by atoms with Crippen LogP contribution in [0.4, 0.5) is 0 Å². The molecular weight excluding hydrogens is 316 g/mol. The van der Waals surface area contributed by atoms with Crippen LogP contribution < -0.4 is 9.47 Å². The first kappa shape index (κ1) is 18.8. The molecule has 0 aliphatic rings. The number of hydrogen-bond donors (Lipinski definition) is 0. The Morgan fingerprint density at radius 3 is 2.40 bits per heavy atom. The Kier molecular flexibility index (Phi) is 7.83. The molecule has 0 saturated carbocycles. The van der Waals surface area contributed by atoms with E-state index in [1.165, 1.54) is 6.08 Å². The van der Waals surface area contributed by atoms with Gasteiger partial charge in [0.2, 0.25) is 0 Å². The summed E-state index contributed by atoms with van der Waals surface area (Å²) in [5.41, 5.74) is 0.567. The fourth-order valence-electron chi connectivity index (χ4n) is 2.19. The Hall–Kier alpha value is -2.49. The number of ether oxygens (including phenoxy) is 2. The predicted octanol–water partition coefficient (Wildman–Crippen LogP) is 5.53. The maximum Gasteiger partial charge on any atom is 0.186 e. The minimum Gasteiger partial charge on any atom is -0.490 e. The van der Waals surface area contributed by atoms with Crippen molar-refractivity contribution < 1.29 is 18.7 Å². The maximum atomic E-state index is 12.4. The number of rotatable bonds is 11. The summed E-state index contributed by atoms with van der Waals surface area (Å²) in [7, 11) is 0. The standard InChI is InChI=1S/C21H26O4/c1-3-5-13-24-20-12-9-17(16-21(20)25-14-6-4-2)19(22)11-10-18-8-7-15-23-18/h7-12,15-16H,3-6,13-14H2,1-2H3/b11-10+. The average molecular weight is 342 g/mol. The van der Waals surface area contributed by atoms with Crippen LogP contribution in [0.25, 0.3) is 6.08 Å². The SMILES string of the molecule is CCCCOc1ccc(C(=O)/C=C/c2ccco2)cc1OCCCC. The molecule has 0 amide bonds. The molecule has 2 aromatic rings. The van der Waals surface area contributed by atoms with Crippen LogP contribution in [-0.2, 0) is 0 Å². The summed E-state index contributed by atoms with van der Waals surface area (Å²) in [6.07, 6.45) is 8.81. The van der Waals surface area contributed by atoms with Crippen LogP contribution >= 0.6 is 0 Å². The number of unbranched alkanes of at least 4 members (excludes halogenated alkanes) is 2. The van der Waals surface area contributed by atoms with Gasteiger partial charge in [-0.25, -0.2) is 0 Å². The van der Waals surface area contributed by atoms with Crippen molar-refractivity contribution in [1.29, 1.82) is 0 Å². The summed E-state index contributed by atoms with van der Waals surface area (Å²) < 4.78 is 16.8. The van der Waals surface area contributed by atoms with Crippen LogP contribution in [0, 0.1) is 0 Å². The van der Waals surface area contributed by atoms with Gasteiger partial charge in [-0.2, -0.15) is 0 Å². The topological polar surface area (TPSA) is 48.7 Å². The normalized spacial score (nSPS) is 11.0. The number of allylic oxidation sites excluding steroid dienone is 1. The van der Waals surface area contributed by atoms with Gasteiger partial charge in [0.1, 0.15) is 5.76 Å². The lowest BCUT2D eigenvalue weighted by atomic mass is 10.1. The molecule has 1 heterocycles. The first-order chi connectivity index (χ1) is 12.2. The molecule has 0 N–H and O–H groups in total. The van der Waals surface area contributed by atoms with E-state index in [9.17, 15) is 4.79 Å². The fourth-order valence-corrected chi connectivity index (χ4v) is 2.19. The molecule has 1 aromatic heterocycles. The van der Waals surface area contributed by atoms with Gasteiger partial charge >= 0.3 is 0 Å². The Bertz CT molecular complexity index is 671. The minimum atomic E-state index is -0.100. The molecule has 0 aliphatic heterocycles. The van der Waals surface area contributed by atoms with E-state index in [-0.39, 0.29) is 5.78 Å². The largest absolute Gasteiger partial charge is 0.490 e. The number of benzene rings is 1. The summed E-state index contributed by atoms with van der Waals surface area (Å²) in [4.78, 5) is 12.4. The average Bonchev–Trinajstić information content (AvgIpc) is 3.14. The van der Waals surface area contributed by atoms with E-state index >= 15 is 0 Å². The molecule has 2 rings (SSSR count). The maximum absolute atomic E-state index is 12.4.